The van der Waals surface area contributed by atoms with Gasteiger partial charge in [-0.2, -0.15) is 0 Å². The third-order valence-electron chi connectivity index (χ3n) is 4.86. The van der Waals surface area contributed by atoms with Crippen LogP contribution in [0.2, 0.25) is 10.0 Å². The third-order valence-corrected chi connectivity index (χ3v) is 5.45. The highest BCUT2D eigenvalue weighted by Gasteiger charge is 2.37. The maximum absolute atomic E-state index is 12.6. The molecule has 0 spiro atoms. The molecule has 3 amide bonds. The Morgan fingerprint density at radius 3 is 2.71 bits per heavy atom. The van der Waals surface area contributed by atoms with E-state index in [0.717, 1.165) is 24.9 Å². The van der Waals surface area contributed by atoms with Crippen LogP contribution in [-0.4, -0.2) is 47.4 Å². The van der Waals surface area contributed by atoms with Crippen LogP contribution in [-0.2, 0) is 11.3 Å². The molecular formula is C17H21Cl2N3O2. The lowest BCUT2D eigenvalue weighted by Crippen LogP contribution is -2.51. The lowest BCUT2D eigenvalue weighted by molar-refractivity contribution is -0.129. The summed E-state index contributed by atoms with van der Waals surface area (Å²) >= 11 is 12.0. The predicted molar refractivity (Wildman–Crippen MR) is 94.2 cm³/mol. The Bertz CT molecular complexity index is 653. The summed E-state index contributed by atoms with van der Waals surface area (Å²) in [5.74, 6) is 0.444. The molecule has 4 rings (SSSR count). The molecule has 3 heterocycles. The van der Waals surface area contributed by atoms with E-state index in [1.54, 1.807) is 19.1 Å². The van der Waals surface area contributed by atoms with Crippen molar-refractivity contribution in [3.63, 3.8) is 0 Å². The van der Waals surface area contributed by atoms with Crippen LogP contribution in [0.4, 0.5) is 4.79 Å². The van der Waals surface area contributed by atoms with Crippen molar-refractivity contribution < 1.29 is 9.59 Å². The number of hydrogen-bond acceptors (Lipinski definition) is 2. The van der Waals surface area contributed by atoms with Crippen molar-refractivity contribution in [1.29, 1.82) is 0 Å². The number of carbonyl (C=O) groups is 2. The quantitative estimate of drug-likeness (QED) is 0.870. The van der Waals surface area contributed by atoms with Crippen molar-refractivity contribution in [3.05, 3.63) is 33.8 Å². The Balaban J connectivity index is 1.64. The zero-order valence-corrected chi connectivity index (χ0v) is 15.1. The van der Waals surface area contributed by atoms with Crippen LogP contribution in [0.3, 0.4) is 0 Å². The lowest BCUT2D eigenvalue weighted by Gasteiger charge is -2.36. The zero-order chi connectivity index (χ0) is 17.3. The van der Waals surface area contributed by atoms with Crippen LogP contribution in [0.1, 0.15) is 25.3 Å². The van der Waals surface area contributed by atoms with E-state index in [2.05, 4.69) is 5.32 Å². The van der Waals surface area contributed by atoms with E-state index in [9.17, 15) is 9.59 Å². The number of carbonyl (C=O) groups excluding carboxylic acids is 2. The second-order valence-corrected chi connectivity index (χ2v) is 7.41. The molecule has 0 aromatic heterocycles. The first kappa shape index (κ1) is 17.4. The van der Waals surface area contributed by atoms with Crippen LogP contribution in [0.15, 0.2) is 18.2 Å². The van der Waals surface area contributed by atoms with Crippen LogP contribution in [0.5, 0.6) is 0 Å². The highest BCUT2D eigenvalue weighted by Crippen LogP contribution is 2.28. The monoisotopic (exact) mass is 369 g/mol. The van der Waals surface area contributed by atoms with Crippen molar-refractivity contribution in [3.8, 4) is 0 Å². The van der Waals surface area contributed by atoms with Gasteiger partial charge in [-0.1, -0.05) is 29.3 Å². The van der Waals surface area contributed by atoms with Crippen LogP contribution < -0.4 is 5.32 Å². The number of nitrogens with one attached hydrogen (secondary N) is 1. The molecule has 1 aromatic rings. The van der Waals surface area contributed by atoms with Gasteiger partial charge < -0.3 is 15.1 Å². The molecular weight excluding hydrogens is 349 g/mol. The topological polar surface area (TPSA) is 52.7 Å². The van der Waals surface area contributed by atoms with Gasteiger partial charge in [-0.3, -0.25) is 4.79 Å². The van der Waals surface area contributed by atoms with Gasteiger partial charge in [0.15, 0.2) is 0 Å². The fourth-order valence-corrected chi connectivity index (χ4v) is 4.00. The molecule has 1 aromatic carbocycles. The molecule has 3 aliphatic heterocycles. The Kier molecular flexibility index (Phi) is 5.21. The minimum Gasteiger partial charge on any atom is -0.341 e. The normalized spacial score (nSPS) is 23.1. The molecule has 7 heteroatoms. The maximum Gasteiger partial charge on any atom is 0.317 e. The molecule has 0 unspecified atom stereocenters. The van der Waals surface area contributed by atoms with Gasteiger partial charge in [-0.05, 0) is 36.5 Å². The first-order chi connectivity index (χ1) is 11.4. The van der Waals surface area contributed by atoms with Crippen molar-refractivity contribution in [2.75, 3.05) is 19.6 Å². The summed E-state index contributed by atoms with van der Waals surface area (Å²) in [5.41, 5.74) is 0.833. The molecule has 3 aliphatic rings. The summed E-state index contributed by atoms with van der Waals surface area (Å²) in [7, 11) is 0. The number of fused-ring (bicyclic) bond motifs is 4. The number of hydrogen-bond donors (Lipinski definition) is 1. The summed E-state index contributed by atoms with van der Waals surface area (Å²) < 4.78 is 0. The SMILES string of the molecule is CC(=O)N1C[C@H]2CC[C@@H](C1)N(C(=O)NCc1ccc(Cl)cc1Cl)C2. The van der Waals surface area contributed by atoms with Gasteiger partial charge in [-0.15, -0.1) is 0 Å². The Morgan fingerprint density at radius 2 is 2.00 bits per heavy atom. The van der Waals surface area contributed by atoms with Crippen LogP contribution >= 0.6 is 23.2 Å². The number of piperidine rings is 1. The fraction of sp³-hybridized carbons (Fsp3) is 0.529. The molecule has 2 atom stereocenters. The van der Waals surface area contributed by atoms with E-state index in [4.69, 9.17) is 23.2 Å². The number of benzene rings is 1. The number of amides is 3. The molecule has 130 valence electrons. The standard InChI is InChI=1S/C17H21Cl2N3O2/c1-11(23)21-8-12-2-5-15(10-21)22(9-12)17(24)20-7-13-3-4-14(18)6-16(13)19/h3-4,6,12,15H,2,5,7-10H2,1H3,(H,20,24)/t12-,15+/m1/s1. The number of nitrogens with zero attached hydrogens (tertiary/aromatic N) is 2. The Morgan fingerprint density at radius 1 is 1.21 bits per heavy atom. The van der Waals surface area contributed by atoms with Crippen molar-refractivity contribution in [2.45, 2.75) is 32.4 Å². The van der Waals surface area contributed by atoms with Gasteiger partial charge in [0.2, 0.25) is 5.91 Å². The fourth-order valence-electron chi connectivity index (χ4n) is 3.53. The average molecular weight is 370 g/mol. The molecule has 5 nitrogen and oxygen atoms in total. The van der Waals surface area contributed by atoms with Crippen molar-refractivity contribution in [1.82, 2.24) is 15.1 Å². The van der Waals surface area contributed by atoms with Gasteiger partial charge >= 0.3 is 6.03 Å². The second kappa shape index (κ2) is 7.19. The van der Waals surface area contributed by atoms with E-state index in [1.165, 1.54) is 0 Å². The zero-order valence-electron chi connectivity index (χ0n) is 13.6. The number of halogens is 2. The number of urea groups is 1. The summed E-state index contributed by atoms with van der Waals surface area (Å²) in [6, 6.07) is 5.24. The summed E-state index contributed by atoms with van der Waals surface area (Å²) in [6.45, 7) is 4.03. The molecule has 0 radical (unpaired) electrons. The van der Waals surface area contributed by atoms with Crippen molar-refractivity contribution in [2.24, 2.45) is 5.92 Å². The largest absolute Gasteiger partial charge is 0.341 e. The Hall–Kier alpha value is -1.46. The van der Waals surface area contributed by atoms with Crippen LogP contribution in [0, 0.1) is 5.92 Å². The maximum atomic E-state index is 12.6. The van der Waals surface area contributed by atoms with E-state index in [0.29, 0.717) is 35.6 Å². The van der Waals surface area contributed by atoms with Gasteiger partial charge in [0.25, 0.3) is 0 Å². The minimum atomic E-state index is -0.0962. The Labute approximate surface area is 151 Å². The lowest BCUT2D eigenvalue weighted by atomic mass is 9.95. The molecule has 24 heavy (non-hydrogen) atoms. The molecule has 3 saturated heterocycles. The molecule has 3 fully saturated rings. The highest BCUT2D eigenvalue weighted by atomic mass is 35.5. The van der Waals surface area contributed by atoms with Crippen LogP contribution in [0.25, 0.3) is 0 Å². The van der Waals surface area contributed by atoms with Gasteiger partial charge in [0.05, 0.1) is 6.04 Å². The first-order valence-electron chi connectivity index (χ1n) is 8.18. The second-order valence-electron chi connectivity index (χ2n) is 6.57. The molecule has 0 aliphatic carbocycles. The van der Waals surface area contributed by atoms with Gasteiger partial charge in [0.1, 0.15) is 0 Å². The molecule has 1 N–H and O–H groups in total. The van der Waals surface area contributed by atoms with E-state index < -0.39 is 0 Å². The average Bonchev–Trinajstić information content (AvgIpc) is 2.86. The van der Waals surface area contributed by atoms with Crippen molar-refractivity contribution >= 4 is 35.1 Å². The minimum absolute atomic E-state index is 0.0853. The highest BCUT2D eigenvalue weighted by molar-refractivity contribution is 6.35. The van der Waals surface area contributed by atoms with Gasteiger partial charge in [-0.25, -0.2) is 4.79 Å². The third kappa shape index (κ3) is 3.78. The first-order valence-corrected chi connectivity index (χ1v) is 8.93. The number of rotatable bonds is 2. The summed E-state index contributed by atoms with van der Waals surface area (Å²) in [4.78, 5) is 28.1. The molecule has 0 saturated carbocycles. The van der Waals surface area contributed by atoms with E-state index in [-0.39, 0.29) is 18.0 Å². The smallest absolute Gasteiger partial charge is 0.317 e. The van der Waals surface area contributed by atoms with Gasteiger partial charge in [0, 0.05) is 43.1 Å². The summed E-state index contributed by atoms with van der Waals surface area (Å²) in [6.07, 6.45) is 2.02. The predicted octanol–water partition coefficient (Wildman–Crippen LogP) is 3.15. The van der Waals surface area contributed by atoms with E-state index in [1.807, 2.05) is 15.9 Å². The summed E-state index contributed by atoms with van der Waals surface area (Å²) in [5, 5.41) is 4.06. The van der Waals surface area contributed by atoms with E-state index >= 15 is 0 Å². The molecule has 2 bridgehead atoms.